The van der Waals surface area contributed by atoms with E-state index >= 15 is 0 Å². The molecule has 0 amide bonds. The van der Waals surface area contributed by atoms with E-state index in [9.17, 15) is 0 Å². The molecule has 1 aliphatic heterocycles. The molecule has 1 aliphatic carbocycles. The molecule has 1 aromatic carbocycles. The molecule has 1 heterocycles. The lowest BCUT2D eigenvalue weighted by Crippen LogP contribution is -2.41. The van der Waals surface area contributed by atoms with Crippen LogP contribution in [-0.2, 0) is 9.31 Å². The zero-order chi connectivity index (χ0) is 16.1. The molecule has 0 radical (unpaired) electrons. The lowest BCUT2D eigenvalue weighted by atomic mass is 9.77. The molecular weight excluding hydrogens is 277 g/mol. The quantitative estimate of drug-likeness (QED) is 0.800. The monoisotopic (exact) mass is 303 g/mol. The second-order valence-corrected chi connectivity index (χ2v) is 7.49. The van der Waals surface area contributed by atoms with Crippen molar-refractivity contribution in [1.29, 1.82) is 0 Å². The SMILES string of the molecule is CN(C)c1c(OC2CC2)cccc1B1OC(C)(C)C(C)(C)O1. The first-order chi connectivity index (χ1) is 10.2. The van der Waals surface area contributed by atoms with Gasteiger partial charge in [0.1, 0.15) is 5.75 Å². The van der Waals surface area contributed by atoms with E-state index in [2.05, 4.69) is 38.7 Å². The van der Waals surface area contributed by atoms with Crippen LogP contribution in [0.2, 0.25) is 0 Å². The zero-order valence-electron chi connectivity index (χ0n) is 14.5. The number of para-hydroxylation sites is 1. The summed E-state index contributed by atoms with van der Waals surface area (Å²) in [6, 6.07) is 6.12. The number of rotatable bonds is 4. The third-order valence-corrected chi connectivity index (χ3v) is 4.80. The smallest absolute Gasteiger partial charge is 0.488 e. The number of benzene rings is 1. The van der Waals surface area contributed by atoms with Crippen LogP contribution in [0.5, 0.6) is 5.75 Å². The highest BCUT2D eigenvalue weighted by molar-refractivity contribution is 6.64. The van der Waals surface area contributed by atoms with Crippen LogP contribution in [0.15, 0.2) is 18.2 Å². The Balaban J connectivity index is 1.96. The van der Waals surface area contributed by atoms with Crippen LogP contribution in [-0.4, -0.2) is 38.5 Å². The van der Waals surface area contributed by atoms with Crippen LogP contribution in [0.4, 0.5) is 5.69 Å². The first-order valence-electron chi connectivity index (χ1n) is 8.04. The van der Waals surface area contributed by atoms with Gasteiger partial charge in [-0.25, -0.2) is 0 Å². The summed E-state index contributed by atoms with van der Waals surface area (Å²) in [7, 11) is 3.69. The highest BCUT2D eigenvalue weighted by Crippen LogP contribution is 2.39. The number of hydrogen-bond donors (Lipinski definition) is 0. The Labute approximate surface area is 133 Å². The fourth-order valence-corrected chi connectivity index (χ4v) is 2.64. The molecule has 0 aromatic heterocycles. The molecule has 0 unspecified atom stereocenters. The number of ether oxygens (including phenoxy) is 1. The van der Waals surface area contributed by atoms with E-state index in [0.29, 0.717) is 6.10 Å². The normalized spacial score (nSPS) is 22.7. The van der Waals surface area contributed by atoms with Gasteiger partial charge in [0.15, 0.2) is 0 Å². The molecule has 0 spiro atoms. The van der Waals surface area contributed by atoms with Gasteiger partial charge in [0.05, 0.1) is 23.0 Å². The van der Waals surface area contributed by atoms with Gasteiger partial charge in [-0.3, -0.25) is 0 Å². The first kappa shape index (κ1) is 15.7. The Morgan fingerprint density at radius 1 is 1.09 bits per heavy atom. The number of anilines is 1. The maximum absolute atomic E-state index is 6.21. The predicted octanol–water partition coefficient (Wildman–Crippen LogP) is 2.59. The Bertz CT molecular complexity index is 551. The Hall–Kier alpha value is -1.20. The van der Waals surface area contributed by atoms with Crippen molar-refractivity contribution < 1.29 is 14.0 Å². The van der Waals surface area contributed by atoms with Gasteiger partial charge in [-0.05, 0) is 46.6 Å². The van der Waals surface area contributed by atoms with E-state index in [0.717, 1.165) is 29.7 Å². The summed E-state index contributed by atoms with van der Waals surface area (Å²) in [5.74, 6) is 0.916. The molecule has 0 bridgehead atoms. The minimum absolute atomic E-state index is 0.339. The van der Waals surface area contributed by atoms with E-state index < -0.39 is 0 Å². The van der Waals surface area contributed by atoms with Crippen molar-refractivity contribution in [3.05, 3.63) is 18.2 Å². The van der Waals surface area contributed by atoms with Crippen molar-refractivity contribution in [3.63, 3.8) is 0 Å². The summed E-state index contributed by atoms with van der Waals surface area (Å²) in [4.78, 5) is 2.08. The first-order valence-corrected chi connectivity index (χ1v) is 8.04. The van der Waals surface area contributed by atoms with Crippen LogP contribution < -0.4 is 15.1 Å². The number of hydrogen-bond acceptors (Lipinski definition) is 4. The van der Waals surface area contributed by atoms with Crippen molar-refractivity contribution in [2.24, 2.45) is 0 Å². The summed E-state index contributed by atoms with van der Waals surface area (Å²) in [5, 5.41) is 0. The van der Waals surface area contributed by atoms with Crippen LogP contribution in [0.1, 0.15) is 40.5 Å². The molecule has 0 atom stereocenters. The van der Waals surface area contributed by atoms with Crippen molar-refractivity contribution in [1.82, 2.24) is 0 Å². The van der Waals surface area contributed by atoms with Gasteiger partial charge in [-0.1, -0.05) is 12.1 Å². The Morgan fingerprint density at radius 3 is 2.18 bits per heavy atom. The third-order valence-electron chi connectivity index (χ3n) is 4.80. The molecule has 2 fully saturated rings. The van der Waals surface area contributed by atoms with Gasteiger partial charge in [-0.2, -0.15) is 0 Å². The van der Waals surface area contributed by atoms with Crippen LogP contribution >= 0.6 is 0 Å². The molecule has 4 nitrogen and oxygen atoms in total. The average molecular weight is 303 g/mol. The summed E-state index contributed by atoms with van der Waals surface area (Å²) in [5.41, 5.74) is 1.40. The van der Waals surface area contributed by atoms with Gasteiger partial charge >= 0.3 is 7.12 Å². The van der Waals surface area contributed by atoms with Gasteiger partial charge in [0, 0.05) is 19.6 Å². The molecule has 0 N–H and O–H groups in total. The van der Waals surface area contributed by atoms with Crippen molar-refractivity contribution >= 4 is 18.3 Å². The maximum atomic E-state index is 6.21. The molecule has 1 saturated heterocycles. The minimum Gasteiger partial charge on any atom is -0.488 e. The standard InChI is InChI=1S/C17H26BNO3/c1-16(2)17(3,4)22-18(21-16)13-8-7-9-14(15(13)19(5)6)20-12-10-11-12/h7-9,12H,10-11H2,1-6H3. The lowest BCUT2D eigenvalue weighted by Gasteiger charge is -2.32. The zero-order valence-corrected chi connectivity index (χ0v) is 14.5. The topological polar surface area (TPSA) is 30.9 Å². The lowest BCUT2D eigenvalue weighted by molar-refractivity contribution is 0.00578. The molecule has 3 rings (SSSR count). The second-order valence-electron chi connectivity index (χ2n) is 7.49. The van der Waals surface area contributed by atoms with E-state index in [1.807, 2.05) is 26.2 Å². The van der Waals surface area contributed by atoms with Crippen LogP contribution in [0.3, 0.4) is 0 Å². The highest BCUT2D eigenvalue weighted by Gasteiger charge is 2.52. The summed E-state index contributed by atoms with van der Waals surface area (Å²) < 4.78 is 18.5. The fourth-order valence-electron chi connectivity index (χ4n) is 2.64. The second kappa shape index (κ2) is 5.17. The van der Waals surface area contributed by atoms with E-state index in [4.69, 9.17) is 14.0 Å². The van der Waals surface area contributed by atoms with E-state index in [1.54, 1.807) is 0 Å². The van der Waals surface area contributed by atoms with Gasteiger partial charge in [0.25, 0.3) is 0 Å². The van der Waals surface area contributed by atoms with Crippen molar-refractivity contribution in [3.8, 4) is 5.75 Å². The van der Waals surface area contributed by atoms with Crippen LogP contribution in [0.25, 0.3) is 0 Å². The molecule has 22 heavy (non-hydrogen) atoms. The van der Waals surface area contributed by atoms with E-state index in [-0.39, 0.29) is 18.3 Å². The van der Waals surface area contributed by atoms with E-state index in [1.165, 1.54) is 0 Å². The maximum Gasteiger partial charge on any atom is 0.497 e. The predicted molar refractivity (Wildman–Crippen MR) is 90.1 cm³/mol. The molecule has 120 valence electrons. The molecular formula is C17H26BNO3. The molecule has 1 saturated carbocycles. The minimum atomic E-state index is -0.370. The number of nitrogens with zero attached hydrogens (tertiary/aromatic N) is 1. The summed E-state index contributed by atoms with van der Waals surface area (Å²) in [6.45, 7) is 8.31. The average Bonchev–Trinajstić information content (AvgIpc) is 3.16. The van der Waals surface area contributed by atoms with Gasteiger partial charge in [0.2, 0.25) is 0 Å². The summed E-state index contributed by atoms with van der Waals surface area (Å²) >= 11 is 0. The largest absolute Gasteiger partial charge is 0.497 e. The van der Waals surface area contributed by atoms with Gasteiger partial charge < -0.3 is 18.9 Å². The van der Waals surface area contributed by atoms with Crippen molar-refractivity contribution in [2.75, 3.05) is 19.0 Å². The molecule has 5 heteroatoms. The molecule has 2 aliphatic rings. The highest BCUT2D eigenvalue weighted by atomic mass is 16.7. The molecule has 1 aromatic rings. The Kier molecular flexibility index (Phi) is 3.69. The van der Waals surface area contributed by atoms with Gasteiger partial charge in [-0.15, -0.1) is 0 Å². The Morgan fingerprint density at radius 2 is 1.68 bits per heavy atom. The fraction of sp³-hybridized carbons (Fsp3) is 0.647. The summed E-state index contributed by atoms with van der Waals surface area (Å²) in [6.07, 6.45) is 2.66. The third kappa shape index (κ3) is 2.72. The van der Waals surface area contributed by atoms with Crippen molar-refractivity contribution in [2.45, 2.75) is 57.8 Å². The van der Waals surface area contributed by atoms with Crippen LogP contribution in [0, 0.1) is 0 Å².